The van der Waals surface area contributed by atoms with Crippen LogP contribution in [0, 0.1) is 6.92 Å². The van der Waals surface area contributed by atoms with Gasteiger partial charge in [0.2, 0.25) is 0 Å². The standard InChI is InChI=1S/C11H14N2OS3/c1-5(2)8-7(16-17-14)4-6(3)9-10(8)15-11(12)13-9/h4-5,14H,1-3H3,(H2,12,13). The highest BCUT2D eigenvalue weighted by Gasteiger charge is 2.17. The van der Waals surface area contributed by atoms with Crippen molar-refractivity contribution < 1.29 is 4.55 Å². The van der Waals surface area contributed by atoms with Crippen molar-refractivity contribution in [2.24, 2.45) is 0 Å². The summed E-state index contributed by atoms with van der Waals surface area (Å²) in [6, 6.07) is 2.07. The maximum absolute atomic E-state index is 9.04. The first-order valence-electron chi connectivity index (χ1n) is 5.22. The molecule has 0 saturated heterocycles. The van der Waals surface area contributed by atoms with Gasteiger partial charge in [0.05, 0.1) is 21.3 Å². The number of fused-ring (bicyclic) bond motifs is 1. The third-order valence-corrected chi connectivity index (χ3v) is 4.85. The lowest BCUT2D eigenvalue weighted by atomic mass is 10.0. The van der Waals surface area contributed by atoms with Gasteiger partial charge in [-0.25, -0.2) is 4.98 Å². The molecule has 2 rings (SSSR count). The maximum atomic E-state index is 9.04. The number of thiazole rings is 1. The zero-order valence-corrected chi connectivity index (χ0v) is 12.3. The van der Waals surface area contributed by atoms with Gasteiger partial charge in [-0.2, -0.15) is 0 Å². The highest BCUT2D eigenvalue weighted by molar-refractivity contribution is 8.74. The van der Waals surface area contributed by atoms with Gasteiger partial charge in [-0.3, -0.25) is 0 Å². The normalized spacial score (nSPS) is 11.6. The lowest BCUT2D eigenvalue weighted by molar-refractivity contribution is 0.676. The van der Waals surface area contributed by atoms with Crippen molar-refractivity contribution in [1.82, 2.24) is 4.98 Å². The van der Waals surface area contributed by atoms with Crippen LogP contribution in [0.2, 0.25) is 0 Å². The Morgan fingerprint density at radius 3 is 2.76 bits per heavy atom. The molecule has 2 aromatic rings. The summed E-state index contributed by atoms with van der Waals surface area (Å²) < 4.78 is 10.2. The molecule has 17 heavy (non-hydrogen) atoms. The quantitative estimate of drug-likeness (QED) is 0.641. The lowest BCUT2D eigenvalue weighted by Crippen LogP contribution is -1.93. The van der Waals surface area contributed by atoms with Gasteiger partial charge in [-0.05, 0) is 40.8 Å². The Hall–Kier alpha value is -0.430. The van der Waals surface area contributed by atoms with Crippen molar-refractivity contribution >= 4 is 48.6 Å². The molecule has 0 bridgehead atoms. The molecule has 92 valence electrons. The van der Waals surface area contributed by atoms with Crippen molar-refractivity contribution in [1.29, 1.82) is 0 Å². The fraction of sp³-hybridized carbons (Fsp3) is 0.364. The summed E-state index contributed by atoms with van der Waals surface area (Å²) in [7, 11) is 1.38. The molecule has 0 spiro atoms. The van der Waals surface area contributed by atoms with Crippen LogP contribution < -0.4 is 5.73 Å². The zero-order valence-electron chi connectivity index (χ0n) is 9.85. The first-order valence-corrected chi connectivity index (χ1v) is 8.14. The predicted octanol–water partition coefficient (Wildman–Crippen LogP) is 4.52. The number of aromatic nitrogens is 1. The van der Waals surface area contributed by atoms with Gasteiger partial charge >= 0.3 is 0 Å². The molecule has 3 N–H and O–H groups in total. The molecule has 0 radical (unpaired) electrons. The van der Waals surface area contributed by atoms with E-state index in [2.05, 4.69) is 24.9 Å². The Balaban J connectivity index is 2.77. The molecule has 0 saturated carbocycles. The fourth-order valence-electron chi connectivity index (χ4n) is 1.90. The average molecular weight is 286 g/mol. The van der Waals surface area contributed by atoms with Gasteiger partial charge in [0, 0.05) is 4.90 Å². The van der Waals surface area contributed by atoms with E-state index in [1.54, 1.807) is 0 Å². The van der Waals surface area contributed by atoms with Crippen LogP contribution in [-0.4, -0.2) is 9.54 Å². The van der Waals surface area contributed by atoms with E-state index < -0.39 is 0 Å². The highest BCUT2D eigenvalue weighted by Crippen LogP contribution is 2.42. The second-order valence-electron chi connectivity index (χ2n) is 4.15. The van der Waals surface area contributed by atoms with Gasteiger partial charge in [-0.1, -0.05) is 25.2 Å². The summed E-state index contributed by atoms with van der Waals surface area (Å²) in [6.45, 7) is 6.32. The number of nitrogen functional groups attached to an aromatic ring is 1. The first-order chi connectivity index (χ1) is 8.04. The number of aryl methyl sites for hydroxylation is 1. The fourth-order valence-corrected chi connectivity index (χ4v) is 4.45. The van der Waals surface area contributed by atoms with E-state index in [-0.39, 0.29) is 0 Å². The summed E-state index contributed by atoms with van der Waals surface area (Å²) >= 11 is 2.30. The number of anilines is 1. The van der Waals surface area contributed by atoms with Crippen molar-refractivity contribution in [2.75, 3.05) is 5.73 Å². The summed E-state index contributed by atoms with van der Waals surface area (Å²) in [4.78, 5) is 5.47. The van der Waals surface area contributed by atoms with Crippen LogP contribution >= 0.6 is 33.2 Å². The monoisotopic (exact) mass is 286 g/mol. The summed E-state index contributed by atoms with van der Waals surface area (Å²) in [5.74, 6) is 0.382. The second kappa shape index (κ2) is 5.06. The molecular formula is C11H14N2OS3. The molecule has 0 aliphatic carbocycles. The van der Waals surface area contributed by atoms with Gasteiger partial charge in [0.25, 0.3) is 0 Å². The number of benzene rings is 1. The Labute approximate surface area is 112 Å². The van der Waals surface area contributed by atoms with E-state index in [4.69, 9.17) is 10.3 Å². The maximum Gasteiger partial charge on any atom is 0.181 e. The van der Waals surface area contributed by atoms with Crippen LogP contribution in [0.4, 0.5) is 5.13 Å². The van der Waals surface area contributed by atoms with Gasteiger partial charge < -0.3 is 10.3 Å². The Morgan fingerprint density at radius 2 is 2.18 bits per heavy atom. The van der Waals surface area contributed by atoms with Crippen molar-refractivity contribution in [3.63, 3.8) is 0 Å². The van der Waals surface area contributed by atoms with E-state index in [1.807, 2.05) is 6.92 Å². The van der Waals surface area contributed by atoms with Gasteiger partial charge in [0.1, 0.15) is 0 Å². The molecule has 1 heterocycles. The van der Waals surface area contributed by atoms with E-state index in [0.717, 1.165) is 31.8 Å². The molecule has 0 aliphatic rings. The van der Waals surface area contributed by atoms with Crippen molar-refractivity contribution in [3.05, 3.63) is 17.2 Å². The molecule has 1 aromatic carbocycles. The summed E-state index contributed by atoms with van der Waals surface area (Å²) in [6.07, 6.45) is 0. The van der Waals surface area contributed by atoms with E-state index in [9.17, 15) is 0 Å². The number of rotatable bonds is 3. The molecule has 3 nitrogen and oxygen atoms in total. The minimum atomic E-state index is 0.382. The van der Waals surface area contributed by atoms with Crippen molar-refractivity contribution in [2.45, 2.75) is 31.6 Å². The van der Waals surface area contributed by atoms with Crippen LogP contribution in [0.25, 0.3) is 10.2 Å². The Kier molecular flexibility index (Phi) is 3.87. The van der Waals surface area contributed by atoms with Crippen LogP contribution in [0.5, 0.6) is 0 Å². The number of hydrogen-bond acceptors (Lipinski definition) is 6. The van der Waals surface area contributed by atoms with E-state index >= 15 is 0 Å². The largest absolute Gasteiger partial charge is 0.375 e. The van der Waals surface area contributed by atoms with Gasteiger partial charge in [-0.15, -0.1) is 0 Å². The molecule has 6 heteroatoms. The molecule has 0 fully saturated rings. The predicted molar refractivity (Wildman–Crippen MR) is 78.9 cm³/mol. The summed E-state index contributed by atoms with van der Waals surface area (Å²) in [5.41, 5.74) is 9.12. The number of hydrogen-bond donors (Lipinski definition) is 2. The zero-order chi connectivity index (χ0) is 12.6. The average Bonchev–Trinajstić information content (AvgIpc) is 2.60. The van der Waals surface area contributed by atoms with E-state index in [1.165, 1.54) is 27.7 Å². The Morgan fingerprint density at radius 1 is 1.47 bits per heavy atom. The van der Waals surface area contributed by atoms with Crippen LogP contribution in [-0.2, 0) is 0 Å². The molecule has 1 aromatic heterocycles. The number of nitrogens with zero attached hydrogens (tertiary/aromatic N) is 1. The first kappa shape index (κ1) is 13.0. The molecule has 0 atom stereocenters. The van der Waals surface area contributed by atoms with Crippen molar-refractivity contribution in [3.8, 4) is 0 Å². The smallest absolute Gasteiger partial charge is 0.181 e. The Bertz CT molecular complexity index is 551. The summed E-state index contributed by atoms with van der Waals surface area (Å²) in [5, 5.41) is 0.601. The van der Waals surface area contributed by atoms with Crippen LogP contribution in [0.3, 0.4) is 0 Å². The minimum Gasteiger partial charge on any atom is -0.375 e. The van der Waals surface area contributed by atoms with Crippen LogP contribution in [0.15, 0.2) is 11.0 Å². The minimum absolute atomic E-state index is 0.382. The SMILES string of the molecule is Cc1cc(SSO)c(C(C)C)c2sc(N)nc12. The molecule has 0 amide bonds. The van der Waals surface area contributed by atoms with Gasteiger partial charge in [0.15, 0.2) is 5.13 Å². The highest BCUT2D eigenvalue weighted by atomic mass is 33.1. The van der Waals surface area contributed by atoms with E-state index in [0.29, 0.717) is 11.0 Å². The molecular weight excluding hydrogens is 272 g/mol. The lowest BCUT2D eigenvalue weighted by Gasteiger charge is -2.13. The molecule has 0 unspecified atom stereocenters. The molecule has 0 aliphatic heterocycles. The number of nitrogens with two attached hydrogens (primary N) is 1. The second-order valence-corrected chi connectivity index (χ2v) is 6.88. The third-order valence-electron chi connectivity index (χ3n) is 2.58. The van der Waals surface area contributed by atoms with Crippen LogP contribution in [0.1, 0.15) is 30.9 Å². The topological polar surface area (TPSA) is 59.1 Å². The third kappa shape index (κ3) is 2.40.